The van der Waals surface area contributed by atoms with Crippen LogP contribution in [0.4, 0.5) is 5.69 Å². The predicted octanol–water partition coefficient (Wildman–Crippen LogP) is 4.55. The van der Waals surface area contributed by atoms with Crippen molar-refractivity contribution in [3.63, 3.8) is 0 Å². The molecule has 2 unspecified atom stereocenters. The molecule has 1 aromatic carbocycles. The van der Waals surface area contributed by atoms with Crippen LogP contribution in [-0.2, 0) is 20.8 Å². The molecule has 4 aliphatic rings. The summed E-state index contributed by atoms with van der Waals surface area (Å²) >= 11 is 1.65. The zero-order valence-electron chi connectivity index (χ0n) is 21.4. The number of thioether (sulfide) groups is 1. The van der Waals surface area contributed by atoms with Crippen molar-refractivity contribution in [1.82, 2.24) is 9.80 Å². The predicted molar refractivity (Wildman–Crippen MR) is 145 cm³/mol. The van der Waals surface area contributed by atoms with E-state index in [0.29, 0.717) is 25.4 Å². The van der Waals surface area contributed by atoms with Crippen LogP contribution in [0.25, 0.3) is 0 Å². The van der Waals surface area contributed by atoms with Gasteiger partial charge in [-0.1, -0.05) is 50.3 Å². The molecule has 0 bridgehead atoms. The van der Waals surface area contributed by atoms with Crippen molar-refractivity contribution in [2.45, 2.75) is 75.5 Å². The molecular formula is C29H37N3O3S. The van der Waals surface area contributed by atoms with Gasteiger partial charge in [0.1, 0.15) is 5.37 Å². The number of likely N-dealkylation sites (tertiary alicyclic amines) is 1. The maximum Gasteiger partial charge on any atom is 0.237 e. The van der Waals surface area contributed by atoms with E-state index in [2.05, 4.69) is 32.1 Å². The molecule has 6 nitrogen and oxygen atoms in total. The van der Waals surface area contributed by atoms with Crippen molar-refractivity contribution in [1.29, 1.82) is 0 Å². The molecule has 1 aromatic rings. The lowest BCUT2D eigenvalue weighted by molar-refractivity contribution is -0.136. The van der Waals surface area contributed by atoms with Gasteiger partial charge in [0.25, 0.3) is 0 Å². The van der Waals surface area contributed by atoms with Crippen LogP contribution in [-0.4, -0.2) is 63.8 Å². The lowest BCUT2D eigenvalue weighted by Crippen LogP contribution is -2.48. The highest BCUT2D eigenvalue weighted by Crippen LogP contribution is 2.40. The summed E-state index contributed by atoms with van der Waals surface area (Å²) in [5.41, 5.74) is 3.32. The Hall–Kier alpha value is -2.54. The minimum Gasteiger partial charge on any atom is -0.342 e. The molecule has 3 aliphatic heterocycles. The number of anilines is 1. The number of hydrogen-bond donors (Lipinski definition) is 0. The minimum atomic E-state index is -0.323. The largest absolute Gasteiger partial charge is 0.342 e. The topological polar surface area (TPSA) is 60.9 Å². The molecule has 3 heterocycles. The number of nitrogens with zero attached hydrogens (tertiary/aromatic N) is 3. The Morgan fingerprint density at radius 3 is 2.61 bits per heavy atom. The molecule has 2 saturated heterocycles. The fourth-order valence-electron chi connectivity index (χ4n) is 5.76. The van der Waals surface area contributed by atoms with E-state index in [1.54, 1.807) is 11.8 Å². The highest BCUT2D eigenvalue weighted by molar-refractivity contribution is 8.01. The molecule has 2 atom stereocenters. The quantitative estimate of drug-likeness (QED) is 0.543. The maximum absolute atomic E-state index is 13.4. The van der Waals surface area contributed by atoms with Crippen LogP contribution in [0.15, 0.2) is 48.1 Å². The summed E-state index contributed by atoms with van der Waals surface area (Å²) < 4.78 is 0. The van der Waals surface area contributed by atoms with Gasteiger partial charge in [0, 0.05) is 37.8 Å². The summed E-state index contributed by atoms with van der Waals surface area (Å²) in [7, 11) is 0. The van der Waals surface area contributed by atoms with E-state index in [-0.39, 0.29) is 40.8 Å². The number of amides is 3. The van der Waals surface area contributed by atoms with Gasteiger partial charge in [-0.25, -0.2) is 0 Å². The molecule has 36 heavy (non-hydrogen) atoms. The van der Waals surface area contributed by atoms with E-state index in [9.17, 15) is 14.4 Å². The van der Waals surface area contributed by atoms with Crippen LogP contribution in [0, 0.1) is 5.92 Å². The average molecular weight is 508 g/mol. The molecule has 1 aliphatic carbocycles. The van der Waals surface area contributed by atoms with Gasteiger partial charge in [-0.2, -0.15) is 0 Å². The maximum atomic E-state index is 13.4. The number of para-hydroxylation sites is 1. The minimum absolute atomic E-state index is 0.0117. The van der Waals surface area contributed by atoms with E-state index in [0.717, 1.165) is 49.9 Å². The summed E-state index contributed by atoms with van der Waals surface area (Å²) in [5.74, 6) is 0.849. The Labute approximate surface area is 218 Å². The van der Waals surface area contributed by atoms with Crippen molar-refractivity contribution >= 4 is 35.2 Å². The molecule has 0 aromatic heterocycles. The Bertz CT molecular complexity index is 1070. The first-order valence-corrected chi connectivity index (χ1v) is 14.4. The lowest BCUT2D eigenvalue weighted by atomic mass is 10.0. The Morgan fingerprint density at radius 2 is 1.89 bits per heavy atom. The van der Waals surface area contributed by atoms with Gasteiger partial charge in [-0.3, -0.25) is 14.4 Å². The summed E-state index contributed by atoms with van der Waals surface area (Å²) in [6.07, 6.45) is 11.9. The monoisotopic (exact) mass is 507 g/mol. The second kappa shape index (κ2) is 10.8. The van der Waals surface area contributed by atoms with Gasteiger partial charge < -0.3 is 14.7 Å². The van der Waals surface area contributed by atoms with Gasteiger partial charge >= 0.3 is 0 Å². The van der Waals surface area contributed by atoms with Gasteiger partial charge in [-0.05, 0) is 55.2 Å². The Balaban J connectivity index is 1.20. The summed E-state index contributed by atoms with van der Waals surface area (Å²) in [4.78, 5) is 45.2. The second-order valence-electron chi connectivity index (χ2n) is 10.8. The van der Waals surface area contributed by atoms with E-state index >= 15 is 0 Å². The van der Waals surface area contributed by atoms with Crippen molar-refractivity contribution in [2.24, 2.45) is 5.92 Å². The number of fused-ring (bicyclic) bond motifs is 1. The van der Waals surface area contributed by atoms with Crippen molar-refractivity contribution in [2.75, 3.05) is 24.5 Å². The van der Waals surface area contributed by atoms with E-state index in [1.807, 2.05) is 39.0 Å². The Morgan fingerprint density at radius 1 is 1.11 bits per heavy atom. The average Bonchev–Trinajstić information content (AvgIpc) is 3.38. The smallest absolute Gasteiger partial charge is 0.237 e. The molecule has 192 valence electrons. The van der Waals surface area contributed by atoms with E-state index < -0.39 is 0 Å². The van der Waals surface area contributed by atoms with Crippen LogP contribution in [0.3, 0.4) is 0 Å². The zero-order valence-corrected chi connectivity index (χ0v) is 22.2. The molecule has 3 amide bonds. The first kappa shape index (κ1) is 25.1. The van der Waals surface area contributed by atoms with E-state index in [1.165, 1.54) is 5.57 Å². The summed E-state index contributed by atoms with van der Waals surface area (Å²) in [6, 6.07) is 8.15. The van der Waals surface area contributed by atoms with Gasteiger partial charge in [0.05, 0.1) is 11.7 Å². The fourth-order valence-corrected chi connectivity index (χ4v) is 7.25. The van der Waals surface area contributed by atoms with Gasteiger partial charge in [0.2, 0.25) is 17.7 Å². The second-order valence-corrected chi connectivity index (χ2v) is 12.0. The third-order valence-corrected chi connectivity index (χ3v) is 9.28. The third kappa shape index (κ3) is 5.13. The van der Waals surface area contributed by atoms with Crippen LogP contribution >= 0.6 is 11.8 Å². The van der Waals surface area contributed by atoms with Crippen LogP contribution in [0.2, 0.25) is 0 Å². The SMILES string of the molecule is CC(C)CCN1C(=O)C(CC(=O)N2CCC(N3C(=O)Cc4ccccc43)CC2)SC1C1=CCCC=C1. The van der Waals surface area contributed by atoms with Crippen molar-refractivity contribution in [3.8, 4) is 0 Å². The highest BCUT2D eigenvalue weighted by Gasteiger charge is 2.43. The van der Waals surface area contributed by atoms with Gasteiger partial charge in [-0.15, -0.1) is 11.8 Å². The number of carbonyl (C=O) groups excluding carboxylic acids is 3. The lowest BCUT2D eigenvalue weighted by Gasteiger charge is -2.37. The molecule has 0 spiro atoms. The molecule has 7 heteroatoms. The summed E-state index contributed by atoms with van der Waals surface area (Å²) in [6.45, 7) is 6.37. The van der Waals surface area contributed by atoms with E-state index in [4.69, 9.17) is 0 Å². The third-order valence-electron chi connectivity index (χ3n) is 7.79. The standard InChI is InChI=1S/C29H37N3O3S/c1-20(2)12-17-31-28(35)25(36-29(31)21-8-4-3-5-9-21)19-26(33)30-15-13-23(14-16-30)32-24-11-7-6-10-22(24)18-27(32)34/h4,6-11,20,23,25,29H,3,5,12-19H2,1-2H3. The van der Waals surface area contributed by atoms with Crippen LogP contribution in [0.1, 0.15) is 57.9 Å². The Kier molecular flexibility index (Phi) is 7.56. The molecule has 5 rings (SSSR count). The molecule has 0 N–H and O–H groups in total. The molecule has 0 radical (unpaired) electrons. The number of benzene rings is 1. The number of carbonyl (C=O) groups is 3. The zero-order chi connectivity index (χ0) is 25.2. The fraction of sp³-hybridized carbons (Fsp3) is 0.552. The molecular weight excluding hydrogens is 470 g/mol. The number of piperidine rings is 1. The first-order valence-electron chi connectivity index (χ1n) is 13.4. The summed E-state index contributed by atoms with van der Waals surface area (Å²) in [5, 5.41) is -0.312. The first-order chi connectivity index (χ1) is 17.4. The molecule has 0 saturated carbocycles. The van der Waals surface area contributed by atoms with Crippen LogP contribution < -0.4 is 4.90 Å². The number of rotatable bonds is 7. The van der Waals surface area contributed by atoms with Crippen molar-refractivity contribution < 1.29 is 14.4 Å². The number of hydrogen-bond acceptors (Lipinski definition) is 4. The van der Waals surface area contributed by atoms with Gasteiger partial charge in [0.15, 0.2) is 0 Å². The van der Waals surface area contributed by atoms with Crippen LogP contribution in [0.5, 0.6) is 0 Å². The highest BCUT2D eigenvalue weighted by atomic mass is 32.2. The normalized spacial score (nSPS) is 24.6. The molecule has 2 fully saturated rings. The number of allylic oxidation sites excluding steroid dienone is 2. The van der Waals surface area contributed by atoms with Crippen molar-refractivity contribution in [3.05, 3.63) is 53.6 Å².